The predicted molar refractivity (Wildman–Crippen MR) is 86.6 cm³/mol. The molecule has 1 aromatic heterocycles. The number of hydrogen-bond acceptors (Lipinski definition) is 3. The number of nitrogens with one attached hydrogen (secondary N) is 1. The molecule has 3 N–H and O–H groups in total. The van der Waals surface area contributed by atoms with Crippen molar-refractivity contribution in [2.45, 2.75) is 19.3 Å². The highest BCUT2D eigenvalue weighted by Gasteiger charge is 2.21. The van der Waals surface area contributed by atoms with Gasteiger partial charge in [-0.15, -0.1) is 0 Å². The Labute approximate surface area is 129 Å². The van der Waals surface area contributed by atoms with E-state index in [1.165, 1.54) is 5.56 Å². The number of aryl methyl sites for hydroxylation is 1. The van der Waals surface area contributed by atoms with Crippen LogP contribution in [0.25, 0.3) is 0 Å². The van der Waals surface area contributed by atoms with E-state index in [1.54, 1.807) is 12.3 Å². The molecule has 4 nitrogen and oxygen atoms in total. The molecule has 0 spiro atoms. The first kappa shape index (κ1) is 13.9. The van der Waals surface area contributed by atoms with E-state index in [0.29, 0.717) is 16.4 Å². The van der Waals surface area contributed by atoms with Crippen molar-refractivity contribution in [3.8, 4) is 0 Å². The third kappa shape index (κ3) is 2.59. The van der Waals surface area contributed by atoms with Gasteiger partial charge in [0.15, 0.2) is 5.82 Å². The Morgan fingerprint density at radius 1 is 1.24 bits per heavy atom. The number of hydrogen-bond donors (Lipinski definition) is 2. The quantitative estimate of drug-likeness (QED) is 0.659. The monoisotopic (exact) mass is 300 g/mol. The van der Waals surface area contributed by atoms with Gasteiger partial charge < -0.3 is 10.6 Å². The minimum absolute atomic E-state index is 0.0354. The molecule has 5 heteroatoms. The summed E-state index contributed by atoms with van der Waals surface area (Å²) in [5.74, 6) is 0.644. The van der Waals surface area contributed by atoms with E-state index in [2.05, 4.69) is 28.1 Å². The van der Waals surface area contributed by atoms with Gasteiger partial charge in [0.2, 0.25) is 0 Å². The van der Waals surface area contributed by atoms with Crippen molar-refractivity contribution in [3.05, 3.63) is 52.7 Å². The fraction of sp³-hybridized carbons (Fsp3) is 0.250. The minimum atomic E-state index is -0.0354. The lowest BCUT2D eigenvalue weighted by Crippen LogP contribution is -2.21. The summed E-state index contributed by atoms with van der Waals surface area (Å²) < 4.78 is 0. The van der Waals surface area contributed by atoms with Crippen LogP contribution in [0, 0.1) is 5.41 Å². The van der Waals surface area contributed by atoms with Gasteiger partial charge in [-0.3, -0.25) is 5.41 Å². The smallest absolute Gasteiger partial charge is 0.152 e. The molecule has 0 fully saturated rings. The Morgan fingerprint density at radius 3 is 2.86 bits per heavy atom. The molecule has 0 unspecified atom stereocenters. The van der Waals surface area contributed by atoms with Gasteiger partial charge in [-0.25, -0.2) is 4.98 Å². The van der Waals surface area contributed by atoms with Gasteiger partial charge >= 0.3 is 0 Å². The van der Waals surface area contributed by atoms with Crippen molar-refractivity contribution in [1.29, 1.82) is 5.41 Å². The summed E-state index contributed by atoms with van der Waals surface area (Å²) in [6.45, 7) is 0.866. The second-order valence-corrected chi connectivity index (χ2v) is 5.53. The van der Waals surface area contributed by atoms with Crippen LogP contribution in [0.3, 0.4) is 0 Å². The van der Waals surface area contributed by atoms with E-state index in [4.69, 9.17) is 22.7 Å². The van der Waals surface area contributed by atoms with Crippen LogP contribution in [0.2, 0.25) is 5.02 Å². The van der Waals surface area contributed by atoms with Crippen LogP contribution >= 0.6 is 11.6 Å². The molecule has 108 valence electrons. The Bertz CT molecular complexity index is 684. The number of nitrogens with two attached hydrogens (primary N) is 1. The van der Waals surface area contributed by atoms with E-state index in [0.717, 1.165) is 31.5 Å². The zero-order valence-electron chi connectivity index (χ0n) is 11.6. The molecule has 0 amide bonds. The number of nitrogens with zero attached hydrogens (tertiary/aromatic N) is 2. The molecule has 0 saturated carbocycles. The Kier molecular flexibility index (Phi) is 3.80. The number of anilines is 2. The van der Waals surface area contributed by atoms with E-state index < -0.39 is 0 Å². The summed E-state index contributed by atoms with van der Waals surface area (Å²) in [7, 11) is 0. The molecular formula is C16H17ClN4. The van der Waals surface area contributed by atoms with E-state index >= 15 is 0 Å². The van der Waals surface area contributed by atoms with Crippen LogP contribution in [0.5, 0.6) is 0 Å². The van der Waals surface area contributed by atoms with Gasteiger partial charge in [-0.1, -0.05) is 29.8 Å². The highest BCUT2D eigenvalue weighted by molar-refractivity contribution is 6.36. The SMILES string of the molecule is N=C(N)c1ccnc(N2CCCCc3ccccc32)c1Cl. The maximum absolute atomic E-state index is 7.62. The molecule has 0 aliphatic carbocycles. The van der Waals surface area contributed by atoms with Crippen molar-refractivity contribution in [1.82, 2.24) is 4.98 Å². The first-order valence-corrected chi connectivity index (χ1v) is 7.40. The summed E-state index contributed by atoms with van der Waals surface area (Å²) in [6.07, 6.45) is 4.96. The summed E-state index contributed by atoms with van der Waals surface area (Å²) >= 11 is 6.43. The van der Waals surface area contributed by atoms with Crippen LogP contribution in [0.15, 0.2) is 36.5 Å². The molecule has 2 aromatic rings. The number of amidine groups is 1. The van der Waals surface area contributed by atoms with Crippen LogP contribution in [-0.4, -0.2) is 17.4 Å². The molecule has 0 radical (unpaired) electrons. The molecule has 21 heavy (non-hydrogen) atoms. The second-order valence-electron chi connectivity index (χ2n) is 5.15. The maximum atomic E-state index is 7.62. The van der Waals surface area contributed by atoms with Crippen LogP contribution < -0.4 is 10.6 Å². The Hall–Kier alpha value is -2.07. The molecule has 2 heterocycles. The maximum Gasteiger partial charge on any atom is 0.152 e. The Balaban J connectivity index is 2.12. The van der Waals surface area contributed by atoms with Gasteiger partial charge in [-0.05, 0) is 37.0 Å². The molecule has 1 aliphatic heterocycles. The van der Waals surface area contributed by atoms with Crippen molar-refractivity contribution >= 4 is 28.9 Å². The molecule has 1 aliphatic rings. The summed E-state index contributed by atoms with van der Waals surface area (Å²) in [6, 6.07) is 10.0. The standard InChI is InChI=1S/C16H17ClN4/c17-14-12(15(18)19)8-9-20-16(14)21-10-4-3-6-11-5-1-2-7-13(11)21/h1-2,5,7-9H,3-4,6,10H2,(H3,18,19). The third-order valence-electron chi connectivity index (χ3n) is 3.78. The lowest BCUT2D eigenvalue weighted by Gasteiger charge is -2.25. The second kappa shape index (κ2) is 5.74. The Morgan fingerprint density at radius 2 is 2.05 bits per heavy atom. The number of pyridine rings is 1. The number of aromatic nitrogens is 1. The van der Waals surface area contributed by atoms with Gasteiger partial charge in [-0.2, -0.15) is 0 Å². The number of benzene rings is 1. The zero-order chi connectivity index (χ0) is 14.8. The lowest BCUT2D eigenvalue weighted by atomic mass is 10.1. The molecule has 0 saturated heterocycles. The average molecular weight is 301 g/mol. The minimum Gasteiger partial charge on any atom is -0.384 e. The van der Waals surface area contributed by atoms with Crippen LogP contribution in [0.1, 0.15) is 24.0 Å². The van der Waals surface area contributed by atoms with Crippen LogP contribution in [-0.2, 0) is 6.42 Å². The topological polar surface area (TPSA) is 66.0 Å². The number of nitrogen functional groups attached to an aromatic ring is 1. The number of fused-ring (bicyclic) bond motifs is 1. The molecule has 3 rings (SSSR count). The average Bonchev–Trinajstić information content (AvgIpc) is 2.69. The lowest BCUT2D eigenvalue weighted by molar-refractivity contribution is 0.758. The zero-order valence-corrected chi connectivity index (χ0v) is 12.4. The van der Waals surface area contributed by atoms with Crippen molar-refractivity contribution in [3.63, 3.8) is 0 Å². The van der Waals surface area contributed by atoms with E-state index in [-0.39, 0.29) is 5.84 Å². The normalized spacial score (nSPS) is 14.4. The van der Waals surface area contributed by atoms with Crippen molar-refractivity contribution in [2.24, 2.45) is 5.73 Å². The molecule has 0 bridgehead atoms. The van der Waals surface area contributed by atoms with Gasteiger partial charge in [0.1, 0.15) is 5.84 Å². The number of halogens is 1. The third-order valence-corrected chi connectivity index (χ3v) is 4.15. The number of rotatable bonds is 2. The van der Waals surface area contributed by atoms with Crippen LogP contribution in [0.4, 0.5) is 11.5 Å². The summed E-state index contributed by atoms with van der Waals surface area (Å²) in [5.41, 5.74) is 8.57. The highest BCUT2D eigenvalue weighted by atomic mass is 35.5. The fourth-order valence-corrected chi connectivity index (χ4v) is 3.06. The highest BCUT2D eigenvalue weighted by Crippen LogP contribution is 2.36. The first-order chi connectivity index (χ1) is 10.2. The van der Waals surface area contributed by atoms with Gasteiger partial charge in [0.05, 0.1) is 5.02 Å². The number of para-hydroxylation sites is 1. The molecule has 1 aromatic carbocycles. The van der Waals surface area contributed by atoms with E-state index in [1.807, 2.05) is 6.07 Å². The molecule has 0 atom stereocenters. The summed E-state index contributed by atoms with van der Waals surface area (Å²) in [5, 5.41) is 8.07. The van der Waals surface area contributed by atoms with Crippen molar-refractivity contribution < 1.29 is 0 Å². The first-order valence-electron chi connectivity index (χ1n) is 7.03. The largest absolute Gasteiger partial charge is 0.384 e. The predicted octanol–water partition coefficient (Wildman–Crippen LogP) is 3.49. The van der Waals surface area contributed by atoms with Gasteiger partial charge in [0, 0.05) is 24.0 Å². The van der Waals surface area contributed by atoms with E-state index in [9.17, 15) is 0 Å². The van der Waals surface area contributed by atoms with Crippen molar-refractivity contribution in [2.75, 3.05) is 11.4 Å². The summed E-state index contributed by atoms with van der Waals surface area (Å²) in [4.78, 5) is 6.56. The molecular weight excluding hydrogens is 284 g/mol. The van der Waals surface area contributed by atoms with Gasteiger partial charge in [0.25, 0.3) is 0 Å². The fourth-order valence-electron chi connectivity index (χ4n) is 2.74.